The maximum atomic E-state index is 2.51. The van der Waals surface area contributed by atoms with Gasteiger partial charge < -0.3 is 4.57 Å². The van der Waals surface area contributed by atoms with E-state index in [-0.39, 0.29) is 0 Å². The van der Waals surface area contributed by atoms with Gasteiger partial charge in [0.1, 0.15) is 0 Å². The van der Waals surface area contributed by atoms with Gasteiger partial charge in [0.05, 0.1) is 16.4 Å². The number of rotatable bonds is 6. The summed E-state index contributed by atoms with van der Waals surface area (Å²) in [7, 11) is 0. The van der Waals surface area contributed by atoms with Crippen LogP contribution in [0.2, 0.25) is 0 Å². The molecule has 1 heteroatoms. The molecule has 0 radical (unpaired) electrons. The topological polar surface area (TPSA) is 4.93 Å². The molecule has 1 heterocycles. The number of para-hydroxylation sites is 1. The van der Waals surface area contributed by atoms with Gasteiger partial charge in [0, 0.05) is 16.5 Å². The fraction of sp³-hybridized carbons (Fsp3) is 0.0149. The third-order valence-electron chi connectivity index (χ3n) is 14.9. The molecule has 68 heavy (non-hydrogen) atoms. The first kappa shape index (κ1) is 38.5. The summed E-state index contributed by atoms with van der Waals surface area (Å²) in [5.74, 6) is 0. The van der Waals surface area contributed by atoms with Gasteiger partial charge in [-0.15, -0.1) is 0 Å². The monoisotopic (exact) mass is 861 g/mol. The molecule has 1 nitrogen and oxygen atoms in total. The van der Waals surface area contributed by atoms with Gasteiger partial charge in [-0.2, -0.15) is 0 Å². The van der Waals surface area contributed by atoms with Crippen LogP contribution >= 0.6 is 0 Å². The third-order valence-corrected chi connectivity index (χ3v) is 14.9. The fourth-order valence-corrected chi connectivity index (χ4v) is 12.0. The Bertz CT molecular complexity index is 4020. The predicted molar refractivity (Wildman–Crippen MR) is 287 cm³/mol. The smallest absolute Gasteiger partial charge is 0.0713 e. The molecular weight excluding hydrogens is 819 g/mol. The molecular formula is C67H43N. The Balaban J connectivity index is 0.935. The normalized spacial score (nSPS) is 12.8. The lowest BCUT2D eigenvalue weighted by molar-refractivity contribution is 0.769. The summed E-state index contributed by atoms with van der Waals surface area (Å²) in [5.41, 5.74) is 18.2. The Morgan fingerprint density at radius 3 is 1.44 bits per heavy atom. The van der Waals surface area contributed by atoms with Gasteiger partial charge in [-0.05, 0) is 135 Å². The SMILES string of the molecule is c1ccc(C2(c3ccccc3)c3ccccc3-c3ccc(-c4c5ccccc5c(-c5ccc(-n6c7ccccc7c7cc(-c8cccc9ccccc89)ccc76)cc5)c5ccccc45)cc32)cc1. The average Bonchev–Trinajstić information content (AvgIpc) is 3.90. The molecule has 14 rings (SSSR count). The minimum atomic E-state index is -0.479. The first-order chi connectivity index (χ1) is 33.8. The van der Waals surface area contributed by atoms with E-state index in [9.17, 15) is 0 Å². The van der Waals surface area contributed by atoms with Crippen LogP contribution in [0.3, 0.4) is 0 Å². The first-order valence-corrected chi connectivity index (χ1v) is 23.7. The van der Waals surface area contributed by atoms with Crippen LogP contribution in [0.25, 0.3) is 104 Å². The Hall–Kier alpha value is -8.78. The van der Waals surface area contributed by atoms with Crippen molar-refractivity contribution in [2.45, 2.75) is 5.41 Å². The zero-order valence-corrected chi connectivity index (χ0v) is 37.3. The van der Waals surface area contributed by atoms with E-state index < -0.39 is 5.41 Å². The number of hydrogen-bond donors (Lipinski definition) is 0. The number of hydrogen-bond acceptors (Lipinski definition) is 0. The Morgan fingerprint density at radius 2 is 0.750 bits per heavy atom. The number of aromatic nitrogens is 1. The first-order valence-electron chi connectivity index (χ1n) is 23.7. The van der Waals surface area contributed by atoms with Crippen molar-refractivity contribution in [1.29, 1.82) is 0 Å². The van der Waals surface area contributed by atoms with Crippen molar-refractivity contribution in [3.05, 3.63) is 283 Å². The number of benzene rings is 12. The van der Waals surface area contributed by atoms with Gasteiger partial charge in [-0.3, -0.25) is 0 Å². The van der Waals surface area contributed by atoms with Crippen molar-refractivity contribution in [1.82, 2.24) is 4.57 Å². The van der Waals surface area contributed by atoms with Gasteiger partial charge in [0.15, 0.2) is 0 Å². The van der Waals surface area contributed by atoms with Crippen LogP contribution in [0, 0.1) is 0 Å². The highest BCUT2D eigenvalue weighted by Crippen LogP contribution is 2.57. The van der Waals surface area contributed by atoms with Crippen LogP contribution in [0.5, 0.6) is 0 Å². The molecule has 0 saturated carbocycles. The summed E-state index contributed by atoms with van der Waals surface area (Å²) >= 11 is 0. The van der Waals surface area contributed by atoms with Crippen LogP contribution in [0.4, 0.5) is 0 Å². The zero-order chi connectivity index (χ0) is 44.8. The molecule has 316 valence electrons. The Labute approximate surface area is 395 Å². The average molecular weight is 862 g/mol. The number of fused-ring (bicyclic) bond motifs is 9. The number of nitrogens with zero attached hydrogens (tertiary/aromatic N) is 1. The van der Waals surface area contributed by atoms with Crippen LogP contribution in [-0.2, 0) is 5.41 Å². The van der Waals surface area contributed by atoms with Crippen molar-refractivity contribution in [3.63, 3.8) is 0 Å². The summed E-state index contributed by atoms with van der Waals surface area (Å²) in [4.78, 5) is 0. The molecule has 0 fully saturated rings. The highest BCUT2D eigenvalue weighted by atomic mass is 15.0. The van der Waals surface area contributed by atoms with E-state index in [1.807, 2.05) is 0 Å². The second kappa shape index (κ2) is 15.1. The van der Waals surface area contributed by atoms with Crippen LogP contribution in [-0.4, -0.2) is 4.57 Å². The summed E-state index contributed by atoms with van der Waals surface area (Å²) in [6, 6.07) is 96.9. The molecule has 0 spiro atoms. The largest absolute Gasteiger partial charge is 0.309 e. The standard InChI is InChI=1S/C67H43N/c1-3-20-48(21-4-1)67(49-22-5-2-6-23-49)61-32-15-13-25-53(61)54-40-36-47(43-62(54)67)66-58-29-11-9-27-56(58)65(57-28-10-12-30-59(57)66)45-34-38-50(39-35-45)68-63-33-16-14-26-55(63)60-42-46(37-41-64(60)68)52-31-17-19-44-18-7-8-24-51(44)52/h1-43H. The lowest BCUT2D eigenvalue weighted by Gasteiger charge is -2.34. The van der Waals surface area contributed by atoms with E-state index >= 15 is 0 Å². The molecule has 13 aromatic rings. The molecule has 0 atom stereocenters. The maximum Gasteiger partial charge on any atom is 0.0713 e. The van der Waals surface area contributed by atoms with Crippen molar-refractivity contribution < 1.29 is 0 Å². The Morgan fingerprint density at radius 1 is 0.265 bits per heavy atom. The molecule has 1 aliphatic carbocycles. The summed E-state index contributed by atoms with van der Waals surface area (Å²) in [6.45, 7) is 0. The highest BCUT2D eigenvalue weighted by Gasteiger charge is 2.46. The lowest BCUT2D eigenvalue weighted by Crippen LogP contribution is -2.28. The van der Waals surface area contributed by atoms with Gasteiger partial charge in [-0.1, -0.05) is 224 Å². The van der Waals surface area contributed by atoms with Crippen LogP contribution < -0.4 is 0 Å². The zero-order valence-electron chi connectivity index (χ0n) is 37.3. The van der Waals surface area contributed by atoms with E-state index in [2.05, 4.69) is 265 Å². The molecule has 1 aliphatic rings. The van der Waals surface area contributed by atoms with E-state index in [0.717, 1.165) is 5.69 Å². The quantitative estimate of drug-likeness (QED) is 0.147. The minimum absolute atomic E-state index is 0.479. The van der Waals surface area contributed by atoms with Crippen molar-refractivity contribution in [3.8, 4) is 50.2 Å². The second-order valence-electron chi connectivity index (χ2n) is 18.3. The van der Waals surface area contributed by atoms with E-state index in [4.69, 9.17) is 0 Å². The minimum Gasteiger partial charge on any atom is -0.309 e. The molecule has 0 N–H and O–H groups in total. The molecule has 0 bridgehead atoms. The molecule has 0 aliphatic heterocycles. The molecule has 0 amide bonds. The van der Waals surface area contributed by atoms with Crippen molar-refractivity contribution in [2.24, 2.45) is 0 Å². The van der Waals surface area contributed by atoms with Gasteiger partial charge in [0.2, 0.25) is 0 Å². The van der Waals surface area contributed by atoms with E-state index in [1.54, 1.807) is 0 Å². The summed E-state index contributed by atoms with van der Waals surface area (Å²) in [5, 5.41) is 10.0. The van der Waals surface area contributed by atoms with Crippen LogP contribution in [0.1, 0.15) is 22.3 Å². The summed E-state index contributed by atoms with van der Waals surface area (Å²) < 4.78 is 2.43. The predicted octanol–water partition coefficient (Wildman–Crippen LogP) is 17.6. The Kier molecular flexibility index (Phi) is 8.57. The van der Waals surface area contributed by atoms with Crippen LogP contribution in [0.15, 0.2) is 261 Å². The maximum absolute atomic E-state index is 2.51. The van der Waals surface area contributed by atoms with Gasteiger partial charge in [0.25, 0.3) is 0 Å². The molecule has 12 aromatic carbocycles. The lowest BCUT2D eigenvalue weighted by atomic mass is 9.67. The third kappa shape index (κ3) is 5.57. The van der Waals surface area contributed by atoms with Gasteiger partial charge in [-0.25, -0.2) is 0 Å². The summed E-state index contributed by atoms with van der Waals surface area (Å²) in [6.07, 6.45) is 0. The van der Waals surface area contributed by atoms with Crippen molar-refractivity contribution >= 4 is 54.1 Å². The van der Waals surface area contributed by atoms with Gasteiger partial charge >= 0.3 is 0 Å². The second-order valence-corrected chi connectivity index (χ2v) is 18.3. The fourth-order valence-electron chi connectivity index (χ4n) is 12.0. The molecule has 0 unspecified atom stereocenters. The van der Waals surface area contributed by atoms with E-state index in [0.29, 0.717) is 0 Å². The highest BCUT2D eigenvalue weighted by molar-refractivity contribution is 6.21. The van der Waals surface area contributed by atoms with E-state index in [1.165, 1.54) is 121 Å². The van der Waals surface area contributed by atoms with Crippen molar-refractivity contribution in [2.75, 3.05) is 0 Å². The molecule has 1 aromatic heterocycles. The molecule has 0 saturated heterocycles.